The molecule has 2 saturated heterocycles. The van der Waals surface area contributed by atoms with Crippen LogP contribution in [0.3, 0.4) is 0 Å². The van der Waals surface area contributed by atoms with E-state index in [1.54, 1.807) is 0 Å². The van der Waals surface area contributed by atoms with Crippen molar-refractivity contribution in [2.75, 3.05) is 46.1 Å². The van der Waals surface area contributed by atoms with Crippen LogP contribution in [-0.2, 0) is 16.0 Å². The highest BCUT2D eigenvalue weighted by Crippen LogP contribution is 2.21. The zero-order valence-corrected chi connectivity index (χ0v) is 14.1. The lowest BCUT2D eigenvalue weighted by Crippen LogP contribution is -2.53. The van der Waals surface area contributed by atoms with Crippen molar-refractivity contribution < 1.29 is 14.3 Å². The fraction of sp³-hybridized carbons (Fsp3) is 0.611. The summed E-state index contributed by atoms with van der Waals surface area (Å²) in [5.41, 5.74) is 1.10. The van der Waals surface area contributed by atoms with Gasteiger partial charge in [-0.1, -0.05) is 30.3 Å². The average molecular weight is 333 g/mol. The van der Waals surface area contributed by atoms with Crippen molar-refractivity contribution in [1.82, 2.24) is 15.5 Å². The standard InChI is InChI=1S/C18H27N3O3/c22-18(19-12-15-4-2-1-3-5-15)20-13-17(16-6-9-24-14-16)21-7-10-23-11-8-21/h1-5,16-17H,6-14H2,(H2,19,20,22)/t16-,17+/m1/s1. The molecule has 2 fully saturated rings. The van der Waals surface area contributed by atoms with Gasteiger partial charge in [-0.3, -0.25) is 4.90 Å². The molecule has 0 aromatic heterocycles. The van der Waals surface area contributed by atoms with Gasteiger partial charge in [-0.05, 0) is 12.0 Å². The Bertz CT molecular complexity index is 499. The Morgan fingerprint density at radius 2 is 1.92 bits per heavy atom. The second-order valence-electron chi connectivity index (χ2n) is 6.39. The zero-order valence-electron chi connectivity index (χ0n) is 14.1. The number of ether oxygens (including phenoxy) is 2. The largest absolute Gasteiger partial charge is 0.381 e. The van der Waals surface area contributed by atoms with E-state index in [4.69, 9.17) is 9.47 Å². The molecule has 0 bridgehead atoms. The third-order valence-electron chi connectivity index (χ3n) is 4.79. The molecule has 6 nitrogen and oxygen atoms in total. The fourth-order valence-electron chi connectivity index (χ4n) is 3.40. The molecule has 2 atom stereocenters. The number of benzene rings is 1. The number of rotatable bonds is 6. The molecule has 24 heavy (non-hydrogen) atoms. The van der Waals surface area contributed by atoms with Crippen molar-refractivity contribution in [3.8, 4) is 0 Å². The van der Waals surface area contributed by atoms with Crippen LogP contribution < -0.4 is 10.6 Å². The van der Waals surface area contributed by atoms with Crippen molar-refractivity contribution >= 4 is 6.03 Å². The molecule has 0 saturated carbocycles. The zero-order chi connectivity index (χ0) is 16.6. The van der Waals surface area contributed by atoms with Gasteiger partial charge in [0.2, 0.25) is 0 Å². The van der Waals surface area contributed by atoms with Crippen molar-refractivity contribution in [3.05, 3.63) is 35.9 Å². The van der Waals surface area contributed by atoms with Crippen LogP contribution >= 0.6 is 0 Å². The summed E-state index contributed by atoms with van der Waals surface area (Å²) in [5.74, 6) is 0.484. The minimum atomic E-state index is -0.115. The molecule has 0 radical (unpaired) electrons. The van der Waals surface area contributed by atoms with Crippen LogP contribution in [0.4, 0.5) is 4.79 Å². The summed E-state index contributed by atoms with van der Waals surface area (Å²) in [6.45, 7) is 6.19. The third kappa shape index (κ3) is 4.93. The summed E-state index contributed by atoms with van der Waals surface area (Å²) < 4.78 is 11.0. The fourth-order valence-corrected chi connectivity index (χ4v) is 3.40. The van der Waals surface area contributed by atoms with E-state index in [-0.39, 0.29) is 6.03 Å². The second-order valence-corrected chi connectivity index (χ2v) is 6.39. The van der Waals surface area contributed by atoms with E-state index in [9.17, 15) is 4.79 Å². The molecule has 132 valence electrons. The van der Waals surface area contributed by atoms with Gasteiger partial charge in [-0.25, -0.2) is 4.79 Å². The minimum absolute atomic E-state index is 0.115. The predicted octanol–water partition coefficient (Wildman–Crippen LogP) is 1.22. The molecule has 2 aliphatic rings. The van der Waals surface area contributed by atoms with Gasteiger partial charge < -0.3 is 20.1 Å². The maximum Gasteiger partial charge on any atom is 0.315 e. The molecule has 1 aromatic rings. The van der Waals surface area contributed by atoms with Crippen molar-refractivity contribution in [2.24, 2.45) is 5.92 Å². The van der Waals surface area contributed by atoms with E-state index in [1.807, 2.05) is 30.3 Å². The lowest BCUT2D eigenvalue weighted by Gasteiger charge is -2.37. The number of amides is 2. The summed E-state index contributed by atoms with van der Waals surface area (Å²) in [5, 5.41) is 5.96. The maximum atomic E-state index is 12.1. The van der Waals surface area contributed by atoms with Crippen LogP contribution in [0, 0.1) is 5.92 Å². The molecule has 0 unspecified atom stereocenters. The molecule has 0 aliphatic carbocycles. The van der Waals surface area contributed by atoms with Gasteiger partial charge >= 0.3 is 6.03 Å². The predicted molar refractivity (Wildman–Crippen MR) is 91.8 cm³/mol. The first-order valence-electron chi connectivity index (χ1n) is 8.78. The quantitative estimate of drug-likeness (QED) is 0.822. The molecule has 2 amide bonds. The number of hydrogen-bond acceptors (Lipinski definition) is 4. The van der Waals surface area contributed by atoms with Crippen molar-refractivity contribution in [3.63, 3.8) is 0 Å². The lowest BCUT2D eigenvalue weighted by atomic mass is 9.97. The molecular formula is C18H27N3O3. The average Bonchev–Trinajstić information content (AvgIpc) is 3.16. The molecule has 3 rings (SSSR count). The molecular weight excluding hydrogens is 306 g/mol. The third-order valence-corrected chi connectivity index (χ3v) is 4.79. The smallest absolute Gasteiger partial charge is 0.315 e. The maximum absolute atomic E-state index is 12.1. The second kappa shape index (κ2) is 9.01. The highest BCUT2D eigenvalue weighted by molar-refractivity contribution is 5.73. The van der Waals surface area contributed by atoms with E-state index in [2.05, 4.69) is 15.5 Å². The number of morpholine rings is 1. The van der Waals surface area contributed by atoms with Gasteiger partial charge in [0.15, 0.2) is 0 Å². The Morgan fingerprint density at radius 3 is 2.62 bits per heavy atom. The Labute approximate surface area is 143 Å². The number of urea groups is 1. The van der Waals surface area contributed by atoms with E-state index >= 15 is 0 Å². The highest BCUT2D eigenvalue weighted by atomic mass is 16.5. The van der Waals surface area contributed by atoms with E-state index < -0.39 is 0 Å². The van der Waals surface area contributed by atoms with E-state index in [0.29, 0.717) is 25.0 Å². The van der Waals surface area contributed by atoms with E-state index in [1.165, 1.54) is 0 Å². The van der Waals surface area contributed by atoms with Crippen LogP contribution in [-0.4, -0.2) is 63.0 Å². The molecule has 1 aromatic carbocycles. The van der Waals surface area contributed by atoms with Gasteiger partial charge in [-0.2, -0.15) is 0 Å². The number of hydrogen-bond donors (Lipinski definition) is 2. The van der Waals surface area contributed by atoms with Gasteiger partial charge in [0.25, 0.3) is 0 Å². The SMILES string of the molecule is O=C(NCc1ccccc1)NC[C@@H]([C@@H]1CCOC1)N1CCOCC1. The first kappa shape index (κ1) is 17.2. The Kier molecular flexibility index (Phi) is 6.46. The molecule has 2 aliphatic heterocycles. The Morgan fingerprint density at radius 1 is 1.12 bits per heavy atom. The topological polar surface area (TPSA) is 62.8 Å². The normalized spacial score (nSPS) is 22.9. The van der Waals surface area contributed by atoms with Crippen LogP contribution in [0.1, 0.15) is 12.0 Å². The first-order chi connectivity index (χ1) is 11.8. The van der Waals surface area contributed by atoms with E-state index in [0.717, 1.165) is 51.5 Å². The van der Waals surface area contributed by atoms with Gasteiger partial charge in [0, 0.05) is 44.7 Å². The monoisotopic (exact) mass is 333 g/mol. The first-order valence-corrected chi connectivity index (χ1v) is 8.78. The van der Waals surface area contributed by atoms with Gasteiger partial charge in [-0.15, -0.1) is 0 Å². The van der Waals surface area contributed by atoms with Crippen molar-refractivity contribution in [1.29, 1.82) is 0 Å². The summed E-state index contributed by atoms with van der Waals surface area (Å²) in [6, 6.07) is 10.1. The molecule has 6 heteroatoms. The van der Waals surface area contributed by atoms with Crippen LogP contribution in [0.2, 0.25) is 0 Å². The van der Waals surface area contributed by atoms with Crippen LogP contribution in [0.25, 0.3) is 0 Å². The van der Waals surface area contributed by atoms with Gasteiger partial charge in [0.1, 0.15) is 0 Å². The van der Waals surface area contributed by atoms with Gasteiger partial charge in [0.05, 0.1) is 19.8 Å². The number of carbonyl (C=O) groups excluding carboxylic acids is 1. The Hall–Kier alpha value is -1.63. The number of nitrogens with zero attached hydrogens (tertiary/aromatic N) is 1. The minimum Gasteiger partial charge on any atom is -0.381 e. The summed E-state index contributed by atoms with van der Waals surface area (Å²) in [6.07, 6.45) is 1.06. The van der Waals surface area contributed by atoms with Crippen LogP contribution in [0.5, 0.6) is 0 Å². The summed E-state index contributed by atoms with van der Waals surface area (Å²) in [7, 11) is 0. The molecule has 2 heterocycles. The molecule has 0 spiro atoms. The number of carbonyl (C=O) groups is 1. The Balaban J connectivity index is 1.47. The summed E-state index contributed by atoms with van der Waals surface area (Å²) in [4.78, 5) is 14.6. The number of nitrogens with one attached hydrogen (secondary N) is 2. The molecule has 2 N–H and O–H groups in total. The van der Waals surface area contributed by atoms with Crippen LogP contribution in [0.15, 0.2) is 30.3 Å². The van der Waals surface area contributed by atoms with Crippen molar-refractivity contribution in [2.45, 2.75) is 19.0 Å². The summed E-state index contributed by atoms with van der Waals surface area (Å²) >= 11 is 0. The highest BCUT2D eigenvalue weighted by Gasteiger charge is 2.31. The lowest BCUT2D eigenvalue weighted by molar-refractivity contribution is 0.00212.